The SMILES string of the molecule is Cc1ccc2c(=O)c(C(=O)NC3Cc4ccccc4C3)c[nH]c2n1. The molecule has 5 nitrogen and oxygen atoms in total. The molecular weight excluding hydrogens is 302 g/mol. The van der Waals surface area contributed by atoms with Crippen LogP contribution in [0.3, 0.4) is 0 Å². The van der Waals surface area contributed by atoms with Crippen molar-refractivity contribution in [2.75, 3.05) is 0 Å². The molecule has 0 unspecified atom stereocenters. The van der Waals surface area contributed by atoms with E-state index in [0.29, 0.717) is 11.0 Å². The molecule has 0 radical (unpaired) electrons. The molecule has 4 rings (SSSR count). The van der Waals surface area contributed by atoms with Crippen molar-refractivity contribution in [1.29, 1.82) is 0 Å². The zero-order valence-electron chi connectivity index (χ0n) is 13.3. The number of amides is 1. The number of carbonyl (C=O) groups is 1. The van der Waals surface area contributed by atoms with E-state index in [-0.39, 0.29) is 22.9 Å². The Balaban J connectivity index is 1.60. The number of hydrogen-bond acceptors (Lipinski definition) is 3. The van der Waals surface area contributed by atoms with Crippen molar-refractivity contribution in [3.05, 3.63) is 75.2 Å². The quantitative estimate of drug-likeness (QED) is 0.760. The zero-order valence-corrected chi connectivity index (χ0v) is 13.3. The third-order valence-corrected chi connectivity index (χ3v) is 4.51. The maximum atomic E-state index is 12.6. The maximum Gasteiger partial charge on any atom is 0.257 e. The van der Waals surface area contributed by atoms with E-state index in [2.05, 4.69) is 27.4 Å². The summed E-state index contributed by atoms with van der Waals surface area (Å²) in [6.45, 7) is 1.86. The van der Waals surface area contributed by atoms with Crippen LogP contribution >= 0.6 is 0 Å². The number of fused-ring (bicyclic) bond motifs is 2. The van der Waals surface area contributed by atoms with Gasteiger partial charge in [0, 0.05) is 17.9 Å². The number of hydrogen-bond donors (Lipinski definition) is 2. The number of benzene rings is 1. The Morgan fingerprint density at radius 3 is 2.58 bits per heavy atom. The van der Waals surface area contributed by atoms with E-state index < -0.39 is 0 Å². The summed E-state index contributed by atoms with van der Waals surface area (Å²) in [5, 5.41) is 3.41. The monoisotopic (exact) mass is 319 g/mol. The van der Waals surface area contributed by atoms with E-state index in [1.54, 1.807) is 12.1 Å². The van der Waals surface area contributed by atoms with Crippen LogP contribution in [0.1, 0.15) is 27.2 Å². The van der Waals surface area contributed by atoms with Crippen LogP contribution in [-0.2, 0) is 12.8 Å². The number of aromatic nitrogens is 2. The Kier molecular flexibility index (Phi) is 3.41. The Morgan fingerprint density at radius 1 is 1.17 bits per heavy atom. The lowest BCUT2D eigenvalue weighted by Crippen LogP contribution is -2.37. The standard InChI is InChI=1S/C19H17N3O2/c1-11-6-7-15-17(23)16(10-20-18(15)21-11)19(24)22-14-8-12-4-2-3-5-13(12)9-14/h2-7,10,14H,8-9H2,1H3,(H,22,24)(H,20,21,23). The molecule has 1 aromatic carbocycles. The predicted octanol–water partition coefficient (Wildman–Crippen LogP) is 2.13. The van der Waals surface area contributed by atoms with E-state index in [1.807, 2.05) is 19.1 Å². The summed E-state index contributed by atoms with van der Waals surface area (Å²) in [7, 11) is 0. The molecule has 2 N–H and O–H groups in total. The molecule has 2 aromatic heterocycles. The normalized spacial score (nSPS) is 13.9. The Bertz CT molecular complexity index is 982. The first-order chi connectivity index (χ1) is 11.6. The number of aryl methyl sites for hydroxylation is 1. The molecule has 24 heavy (non-hydrogen) atoms. The Morgan fingerprint density at radius 2 is 1.88 bits per heavy atom. The van der Waals surface area contributed by atoms with Crippen molar-refractivity contribution < 1.29 is 4.79 Å². The lowest BCUT2D eigenvalue weighted by molar-refractivity contribution is 0.0937. The highest BCUT2D eigenvalue weighted by Gasteiger charge is 2.24. The van der Waals surface area contributed by atoms with Gasteiger partial charge in [0.15, 0.2) is 0 Å². The van der Waals surface area contributed by atoms with Crippen molar-refractivity contribution >= 4 is 16.9 Å². The number of H-pyrrole nitrogens is 1. The fourth-order valence-corrected chi connectivity index (χ4v) is 3.29. The number of nitrogens with zero attached hydrogens (tertiary/aromatic N) is 1. The van der Waals surface area contributed by atoms with Crippen molar-refractivity contribution in [2.24, 2.45) is 0 Å². The summed E-state index contributed by atoms with van der Waals surface area (Å²) < 4.78 is 0. The summed E-state index contributed by atoms with van der Waals surface area (Å²) in [4.78, 5) is 32.3. The van der Waals surface area contributed by atoms with Crippen LogP contribution in [0.4, 0.5) is 0 Å². The summed E-state index contributed by atoms with van der Waals surface area (Å²) in [5.41, 5.74) is 3.68. The van der Waals surface area contributed by atoms with E-state index in [4.69, 9.17) is 0 Å². The van der Waals surface area contributed by atoms with Gasteiger partial charge < -0.3 is 10.3 Å². The molecule has 0 aliphatic heterocycles. The second-order valence-corrected chi connectivity index (χ2v) is 6.23. The number of rotatable bonds is 2. The number of aromatic amines is 1. The van der Waals surface area contributed by atoms with Gasteiger partial charge >= 0.3 is 0 Å². The predicted molar refractivity (Wildman–Crippen MR) is 92.2 cm³/mol. The molecule has 0 spiro atoms. The highest BCUT2D eigenvalue weighted by atomic mass is 16.2. The smallest absolute Gasteiger partial charge is 0.257 e. The summed E-state index contributed by atoms with van der Waals surface area (Å²) in [5.74, 6) is -0.337. The number of pyridine rings is 2. The van der Waals surface area contributed by atoms with Gasteiger partial charge in [-0.05, 0) is 43.0 Å². The van der Waals surface area contributed by atoms with E-state index >= 15 is 0 Å². The molecule has 1 amide bonds. The van der Waals surface area contributed by atoms with E-state index in [9.17, 15) is 9.59 Å². The lowest BCUT2D eigenvalue weighted by atomic mass is 10.1. The topological polar surface area (TPSA) is 74.8 Å². The van der Waals surface area contributed by atoms with E-state index in [0.717, 1.165) is 18.5 Å². The van der Waals surface area contributed by atoms with Gasteiger partial charge in [0.25, 0.3) is 5.91 Å². The highest BCUT2D eigenvalue weighted by molar-refractivity contribution is 5.96. The van der Waals surface area contributed by atoms with Gasteiger partial charge in [0.05, 0.1) is 5.39 Å². The van der Waals surface area contributed by atoms with Crippen LogP contribution < -0.4 is 10.7 Å². The number of carbonyl (C=O) groups excluding carboxylic acids is 1. The third kappa shape index (κ3) is 2.48. The maximum absolute atomic E-state index is 12.6. The second-order valence-electron chi connectivity index (χ2n) is 6.23. The van der Waals surface area contributed by atoms with Gasteiger partial charge in [0.1, 0.15) is 11.2 Å². The van der Waals surface area contributed by atoms with Crippen molar-refractivity contribution in [3.8, 4) is 0 Å². The molecule has 0 atom stereocenters. The molecule has 1 aliphatic carbocycles. The van der Waals surface area contributed by atoms with Gasteiger partial charge in [-0.15, -0.1) is 0 Å². The minimum atomic E-state index is -0.337. The van der Waals surface area contributed by atoms with Gasteiger partial charge in [0.2, 0.25) is 5.43 Å². The van der Waals surface area contributed by atoms with E-state index in [1.165, 1.54) is 17.3 Å². The molecule has 3 aromatic rings. The second kappa shape index (κ2) is 5.60. The fraction of sp³-hybridized carbons (Fsp3) is 0.211. The molecule has 0 saturated carbocycles. The first-order valence-electron chi connectivity index (χ1n) is 7.98. The van der Waals surface area contributed by atoms with Gasteiger partial charge in [-0.3, -0.25) is 9.59 Å². The Labute approximate surface area is 138 Å². The largest absolute Gasteiger partial charge is 0.348 e. The van der Waals surface area contributed by atoms with Crippen LogP contribution in [0.5, 0.6) is 0 Å². The van der Waals surface area contributed by atoms with Gasteiger partial charge in [-0.2, -0.15) is 0 Å². The molecule has 1 aliphatic rings. The first-order valence-corrected chi connectivity index (χ1v) is 7.98. The molecular formula is C19H17N3O2. The minimum Gasteiger partial charge on any atom is -0.348 e. The van der Waals surface area contributed by atoms with Crippen molar-refractivity contribution in [1.82, 2.24) is 15.3 Å². The number of nitrogens with one attached hydrogen (secondary N) is 2. The van der Waals surface area contributed by atoms with Crippen molar-refractivity contribution in [3.63, 3.8) is 0 Å². The fourth-order valence-electron chi connectivity index (χ4n) is 3.29. The van der Waals surface area contributed by atoms with Crippen LogP contribution in [0.2, 0.25) is 0 Å². The third-order valence-electron chi connectivity index (χ3n) is 4.51. The molecule has 0 fully saturated rings. The van der Waals surface area contributed by atoms with Crippen molar-refractivity contribution in [2.45, 2.75) is 25.8 Å². The molecule has 0 saturated heterocycles. The van der Waals surface area contributed by atoms with Crippen LogP contribution in [0.25, 0.3) is 11.0 Å². The molecule has 0 bridgehead atoms. The molecule has 2 heterocycles. The zero-order chi connectivity index (χ0) is 16.7. The highest BCUT2D eigenvalue weighted by Crippen LogP contribution is 2.21. The summed E-state index contributed by atoms with van der Waals surface area (Å²) in [6, 6.07) is 11.7. The average molecular weight is 319 g/mol. The van der Waals surface area contributed by atoms with Crippen LogP contribution in [0.15, 0.2) is 47.4 Å². The van der Waals surface area contributed by atoms with Gasteiger partial charge in [-0.25, -0.2) is 4.98 Å². The minimum absolute atomic E-state index is 0.0288. The van der Waals surface area contributed by atoms with Crippen LogP contribution in [-0.4, -0.2) is 21.9 Å². The molecule has 5 heteroatoms. The average Bonchev–Trinajstić information content (AvgIpc) is 2.97. The summed E-state index contributed by atoms with van der Waals surface area (Å²) >= 11 is 0. The van der Waals surface area contributed by atoms with Crippen LogP contribution in [0, 0.1) is 6.92 Å². The summed E-state index contributed by atoms with van der Waals surface area (Å²) in [6.07, 6.45) is 3.05. The molecule has 120 valence electrons. The Hall–Kier alpha value is -2.95. The first kappa shape index (κ1) is 14.6. The lowest BCUT2D eigenvalue weighted by Gasteiger charge is -2.12. The van der Waals surface area contributed by atoms with Gasteiger partial charge in [-0.1, -0.05) is 24.3 Å².